The first-order chi connectivity index (χ1) is 11.5. The lowest BCUT2D eigenvalue weighted by atomic mass is 10.2. The van der Waals surface area contributed by atoms with Crippen molar-refractivity contribution < 1.29 is 13.3 Å². The Balaban J connectivity index is 1.82. The Bertz CT molecular complexity index is 967. The van der Waals surface area contributed by atoms with E-state index in [4.69, 9.17) is 0 Å². The fourth-order valence-electron chi connectivity index (χ4n) is 2.03. The summed E-state index contributed by atoms with van der Waals surface area (Å²) in [6.45, 7) is 0. The van der Waals surface area contributed by atoms with Crippen molar-refractivity contribution in [2.75, 3.05) is 0 Å². The van der Waals surface area contributed by atoms with Crippen molar-refractivity contribution >= 4 is 26.9 Å². The summed E-state index contributed by atoms with van der Waals surface area (Å²) in [6, 6.07) is 14.1. The predicted molar refractivity (Wildman–Crippen MR) is 89.3 cm³/mol. The van der Waals surface area contributed by atoms with Crippen LogP contribution in [0.5, 0.6) is 0 Å². The second-order valence-corrected chi connectivity index (χ2v) is 7.93. The lowest BCUT2D eigenvalue weighted by Gasteiger charge is -2.01. The van der Waals surface area contributed by atoms with Crippen molar-refractivity contribution in [2.24, 2.45) is 0 Å². The molecule has 1 heterocycles. The molecule has 0 aliphatic heterocycles. The number of rotatable bonds is 5. The smallest absolute Gasteiger partial charge is 0.258 e. The van der Waals surface area contributed by atoms with Gasteiger partial charge >= 0.3 is 0 Å². The monoisotopic (exact) mass is 361 g/mol. The molecule has 0 saturated heterocycles. The number of sulfone groups is 1. The first-order valence-electron chi connectivity index (χ1n) is 6.81. The summed E-state index contributed by atoms with van der Waals surface area (Å²) in [6.07, 6.45) is 0. The molecular weight excluding hydrogens is 350 g/mol. The van der Waals surface area contributed by atoms with E-state index in [2.05, 4.69) is 10.2 Å². The zero-order valence-corrected chi connectivity index (χ0v) is 13.8. The van der Waals surface area contributed by atoms with Gasteiger partial charge in [-0.05, 0) is 12.1 Å². The molecule has 0 atom stereocenters. The van der Waals surface area contributed by atoms with Crippen LogP contribution in [0, 0.1) is 10.1 Å². The van der Waals surface area contributed by atoms with Gasteiger partial charge in [0.1, 0.15) is 15.8 Å². The quantitative estimate of drug-likeness (QED) is 0.511. The van der Waals surface area contributed by atoms with Gasteiger partial charge in [-0.1, -0.05) is 41.7 Å². The number of aromatic nitrogens is 2. The first-order valence-corrected chi connectivity index (χ1v) is 9.27. The fourth-order valence-corrected chi connectivity index (χ4v) is 4.47. The Labute approximate surface area is 141 Å². The number of hydrogen-bond acceptors (Lipinski definition) is 7. The zero-order chi connectivity index (χ0) is 17.2. The minimum absolute atomic E-state index is 0.0181. The molecule has 7 nitrogen and oxygen atoms in total. The highest BCUT2D eigenvalue weighted by molar-refractivity contribution is 7.90. The topological polar surface area (TPSA) is 103 Å². The minimum atomic E-state index is -3.64. The molecule has 0 aliphatic rings. The van der Waals surface area contributed by atoms with Crippen molar-refractivity contribution in [1.29, 1.82) is 0 Å². The van der Waals surface area contributed by atoms with Crippen LogP contribution in [0.4, 0.5) is 5.69 Å². The number of nitro benzene ring substituents is 1. The Morgan fingerprint density at radius 3 is 2.29 bits per heavy atom. The van der Waals surface area contributed by atoms with Crippen LogP contribution in [0.15, 0.2) is 59.5 Å². The van der Waals surface area contributed by atoms with Gasteiger partial charge in [0, 0.05) is 17.7 Å². The van der Waals surface area contributed by atoms with Crippen molar-refractivity contribution in [2.45, 2.75) is 10.6 Å². The molecule has 0 bridgehead atoms. The normalized spacial score (nSPS) is 11.3. The summed E-state index contributed by atoms with van der Waals surface area (Å²) in [7, 11) is -3.64. The molecule has 24 heavy (non-hydrogen) atoms. The molecule has 122 valence electrons. The van der Waals surface area contributed by atoms with E-state index in [-0.39, 0.29) is 16.3 Å². The van der Waals surface area contributed by atoms with Crippen LogP contribution in [0.2, 0.25) is 0 Å². The molecule has 2 aromatic carbocycles. The lowest BCUT2D eigenvalue weighted by molar-refractivity contribution is -0.384. The van der Waals surface area contributed by atoms with Gasteiger partial charge in [-0.3, -0.25) is 10.1 Å². The van der Waals surface area contributed by atoms with Crippen molar-refractivity contribution in [1.82, 2.24) is 10.2 Å². The maximum atomic E-state index is 12.4. The number of nitrogens with zero attached hydrogens (tertiary/aromatic N) is 3. The van der Waals surface area contributed by atoms with E-state index in [0.717, 1.165) is 5.56 Å². The summed E-state index contributed by atoms with van der Waals surface area (Å²) in [5, 5.41) is 19.6. The van der Waals surface area contributed by atoms with Crippen molar-refractivity contribution in [3.63, 3.8) is 0 Å². The molecule has 0 unspecified atom stereocenters. The zero-order valence-electron chi connectivity index (χ0n) is 12.2. The van der Waals surface area contributed by atoms with E-state index in [9.17, 15) is 18.5 Å². The van der Waals surface area contributed by atoms with E-state index in [0.29, 0.717) is 10.0 Å². The van der Waals surface area contributed by atoms with E-state index in [1.807, 2.05) is 30.3 Å². The summed E-state index contributed by atoms with van der Waals surface area (Å²) in [5.41, 5.74) is 0.713. The molecule has 3 aromatic rings. The lowest BCUT2D eigenvalue weighted by Crippen LogP contribution is -2.05. The highest BCUT2D eigenvalue weighted by Crippen LogP contribution is 2.26. The Morgan fingerprint density at radius 1 is 1.00 bits per heavy atom. The molecule has 3 rings (SSSR count). The van der Waals surface area contributed by atoms with Crippen LogP contribution >= 0.6 is 11.3 Å². The standard InChI is InChI=1S/C15H11N3O4S2/c19-18(20)12-6-8-13(9-7-12)24(21,22)10-14-16-17-15(23-14)11-4-2-1-3-5-11/h1-9H,10H2. The Hall–Kier alpha value is -2.65. The summed E-state index contributed by atoms with van der Waals surface area (Å²) < 4.78 is 24.8. The van der Waals surface area contributed by atoms with Gasteiger partial charge in [0.2, 0.25) is 0 Å². The highest BCUT2D eigenvalue weighted by atomic mass is 32.2. The number of non-ortho nitro benzene ring substituents is 1. The van der Waals surface area contributed by atoms with E-state index >= 15 is 0 Å². The number of nitro groups is 1. The minimum Gasteiger partial charge on any atom is -0.258 e. The Kier molecular flexibility index (Phi) is 4.36. The molecular formula is C15H11N3O4S2. The van der Waals surface area contributed by atoms with Crippen LogP contribution in [-0.2, 0) is 15.6 Å². The van der Waals surface area contributed by atoms with Gasteiger partial charge < -0.3 is 0 Å². The average Bonchev–Trinajstić information content (AvgIpc) is 3.03. The molecule has 0 radical (unpaired) electrons. The molecule has 0 saturated carbocycles. The third kappa shape index (κ3) is 3.47. The number of benzene rings is 2. The molecule has 9 heteroatoms. The molecule has 0 amide bonds. The summed E-state index contributed by atoms with van der Waals surface area (Å²) in [5.74, 6) is -0.296. The molecule has 0 N–H and O–H groups in total. The van der Waals surface area contributed by atoms with Crippen LogP contribution in [0.25, 0.3) is 10.6 Å². The van der Waals surface area contributed by atoms with Crippen LogP contribution in [0.1, 0.15) is 5.01 Å². The third-order valence-electron chi connectivity index (χ3n) is 3.21. The van der Waals surface area contributed by atoms with E-state index in [1.54, 1.807) is 0 Å². The van der Waals surface area contributed by atoms with E-state index < -0.39 is 14.8 Å². The second-order valence-electron chi connectivity index (χ2n) is 4.88. The van der Waals surface area contributed by atoms with Gasteiger partial charge in [-0.25, -0.2) is 8.42 Å². The van der Waals surface area contributed by atoms with Gasteiger partial charge in [0.05, 0.1) is 9.82 Å². The highest BCUT2D eigenvalue weighted by Gasteiger charge is 2.20. The van der Waals surface area contributed by atoms with Crippen molar-refractivity contribution in [3.8, 4) is 10.6 Å². The fraction of sp³-hybridized carbons (Fsp3) is 0.0667. The number of hydrogen-bond donors (Lipinski definition) is 0. The second kappa shape index (κ2) is 6.46. The van der Waals surface area contributed by atoms with Crippen molar-refractivity contribution in [3.05, 3.63) is 69.7 Å². The summed E-state index contributed by atoms with van der Waals surface area (Å²) in [4.78, 5) is 10.1. The van der Waals surface area contributed by atoms with Crippen LogP contribution < -0.4 is 0 Å². The van der Waals surface area contributed by atoms with Gasteiger partial charge in [-0.2, -0.15) is 0 Å². The van der Waals surface area contributed by atoms with Gasteiger partial charge in [0.25, 0.3) is 5.69 Å². The molecule has 0 aliphatic carbocycles. The average molecular weight is 361 g/mol. The van der Waals surface area contributed by atoms with E-state index in [1.165, 1.54) is 35.6 Å². The largest absolute Gasteiger partial charge is 0.269 e. The van der Waals surface area contributed by atoms with Crippen LogP contribution in [0.3, 0.4) is 0 Å². The molecule has 0 spiro atoms. The Morgan fingerprint density at radius 2 is 1.67 bits per heavy atom. The third-order valence-corrected chi connectivity index (χ3v) is 6.01. The molecule has 0 fully saturated rings. The van der Waals surface area contributed by atoms with Gasteiger partial charge in [-0.15, -0.1) is 10.2 Å². The predicted octanol–water partition coefficient (Wildman–Crippen LogP) is 3.09. The summed E-state index contributed by atoms with van der Waals surface area (Å²) >= 11 is 1.21. The maximum absolute atomic E-state index is 12.4. The SMILES string of the molecule is O=[N+]([O-])c1ccc(S(=O)(=O)Cc2nnc(-c3ccccc3)s2)cc1. The molecule has 1 aromatic heterocycles. The first kappa shape index (κ1) is 16.2. The van der Waals surface area contributed by atoms with Gasteiger partial charge in [0.15, 0.2) is 9.84 Å². The van der Waals surface area contributed by atoms with Crippen LogP contribution in [-0.4, -0.2) is 23.5 Å². The maximum Gasteiger partial charge on any atom is 0.269 e.